The summed E-state index contributed by atoms with van der Waals surface area (Å²) in [4.78, 5) is 67.9. The highest BCUT2D eigenvalue weighted by Crippen LogP contribution is 2.44. The number of hydrogen-bond acceptors (Lipinski definition) is 12. The van der Waals surface area contributed by atoms with Crippen LogP contribution >= 0.6 is 0 Å². The molecule has 5 rings (SSSR count). The Bertz CT molecular complexity index is 4520. The van der Waals surface area contributed by atoms with Crippen LogP contribution < -0.4 is 9.47 Å². The molecule has 0 bridgehead atoms. The lowest BCUT2D eigenvalue weighted by Gasteiger charge is -2.32. The molecule has 12 nitrogen and oxygen atoms in total. The van der Waals surface area contributed by atoms with E-state index < -0.39 is 23.4 Å². The van der Waals surface area contributed by atoms with Gasteiger partial charge in [-0.1, -0.05) is 430 Å². The van der Waals surface area contributed by atoms with Gasteiger partial charge in [0.2, 0.25) is 5.83 Å². The van der Waals surface area contributed by atoms with Gasteiger partial charge in [-0.05, 0) is 236 Å². The van der Waals surface area contributed by atoms with Gasteiger partial charge in [-0.2, -0.15) is 4.39 Å². The summed E-state index contributed by atoms with van der Waals surface area (Å²) in [5.41, 5.74) is 16.3. The van der Waals surface area contributed by atoms with E-state index in [1.165, 1.54) is 61.7 Å². The summed E-state index contributed by atoms with van der Waals surface area (Å²) in [5.74, 6) is -1.79. The van der Waals surface area contributed by atoms with Crippen molar-refractivity contribution in [1.29, 1.82) is 0 Å². The van der Waals surface area contributed by atoms with Crippen molar-refractivity contribution in [3.8, 4) is 11.5 Å². The lowest BCUT2D eigenvalue weighted by Crippen LogP contribution is -2.33. The molecule has 0 N–H and O–H groups in total. The molecule has 0 radical (unpaired) electrons. The van der Waals surface area contributed by atoms with Crippen LogP contribution in [-0.2, 0) is 96.4 Å². The summed E-state index contributed by atoms with van der Waals surface area (Å²) in [5, 5.41) is 0. The molecular weight excluding hydrogens is 1700 g/mol. The monoisotopic (exact) mass is 1900 g/mol. The minimum absolute atomic E-state index is 0.0287. The van der Waals surface area contributed by atoms with Crippen LogP contribution in [0.1, 0.15) is 448 Å². The second-order valence-corrected chi connectivity index (χ2v) is 47.1. The molecular formula is C124H195FO12. The van der Waals surface area contributed by atoms with Crippen LogP contribution in [0.5, 0.6) is 11.5 Å². The van der Waals surface area contributed by atoms with Crippen LogP contribution in [-0.4, -0.2) is 58.2 Å². The first-order valence-electron chi connectivity index (χ1n) is 49.5. The van der Waals surface area contributed by atoms with E-state index in [1.807, 2.05) is 71.9 Å². The van der Waals surface area contributed by atoms with Crippen molar-refractivity contribution < 1.29 is 61.6 Å². The van der Waals surface area contributed by atoms with Crippen LogP contribution in [0.2, 0.25) is 0 Å². The van der Waals surface area contributed by atoms with E-state index in [0.29, 0.717) is 39.7 Å². The van der Waals surface area contributed by atoms with E-state index in [9.17, 15) is 33.2 Å². The predicted molar refractivity (Wildman–Crippen MR) is 590 cm³/mol. The van der Waals surface area contributed by atoms with E-state index in [0.717, 1.165) is 88.2 Å². The number of hydrogen-bond donors (Lipinski definition) is 0. The maximum absolute atomic E-state index is 12.4. The maximum Gasteiger partial charge on any atom is 0.367 e. The van der Waals surface area contributed by atoms with Crippen molar-refractivity contribution in [3.63, 3.8) is 0 Å². The zero-order valence-electron chi connectivity index (χ0n) is 95.3. The Labute approximate surface area is 838 Å². The molecule has 13 heteroatoms. The lowest BCUT2D eigenvalue weighted by molar-refractivity contribution is -0.156. The molecule has 0 saturated carbocycles. The van der Waals surface area contributed by atoms with Gasteiger partial charge < -0.3 is 28.4 Å². The van der Waals surface area contributed by atoms with E-state index >= 15 is 0 Å². The smallest absolute Gasteiger partial charge is 0.367 e. The minimum atomic E-state index is -1.04. The Morgan fingerprint density at radius 3 is 0.876 bits per heavy atom. The molecule has 0 saturated heterocycles. The quantitative estimate of drug-likeness (QED) is 0.0202. The molecule has 0 amide bonds. The SMILES string of the molecule is C=C(C)C(=O)OC(C)(C)CCC.C=C(C)C(=O)OC(C)(CCC)CCC.C=C(C)C(=O)OC(CC)(CC)CC.C=C(C)C(=O)Oc1ccc(C(C)(C)C)cc1.C=C(F)C(=O)OC(C)(C)CCC(C)CC.C=CC(=O)Oc1c(C(C)(C)C)cc(C(C)(C)C)cc1C(C)(C)C.C=Cc1c(C(C)(C)C)cc(C(C)(C)C)cc1C(C)(C)C.C=Cc1ccc(C(C)(C)C)cc1.C=Cc1ccc(C(C)(C)C)cc1. The summed E-state index contributed by atoms with van der Waals surface area (Å²) in [6, 6.07) is 33.8. The largest absolute Gasteiger partial charge is 0.456 e. The Kier molecular flexibility index (Phi) is 57.2. The molecule has 0 aliphatic rings. The standard InChI is InChI=1S/C21H32O2.C20H32.C14H18O2.C12H21FO2.C12H22O2.2C12H16.C11H20O2.C10H18O2/c1-11-17(22)23-18-15(20(5,6)7)12-14(19(2,3)4)13-16(18)21(8,9)10;1-11-15-16(19(5,6)7)12-14(18(2,3)4)13-17(15)20(8,9)10;1-10(2)13(15)16-12-8-6-11(7-9-12)14(3,4)5;1-6-9(2)7-8-12(4,5)15-11(14)10(3)13;1-6-8-12(5,9-7-2)14-11(13)10(3)4;2*1-5-10-6-8-11(9-7-10)12(2,3)4;1-6-11(7-2,8-3)13-10(12)9(4)5;1-6-7-10(4,5)12-9(11)8(2)3/h11-13H,1H2,2-10H3;11-13H,1H2,2-10H3;6-9H,1H2,2-5H3;9H,3,6-8H2,1-2,4-5H3;3,6-9H2,1-2,4-5H3;2*5-9H,1H2,2-4H3;4,6-8H2,1-3,5H3;2,6-7H2,1,3-5H3. The summed E-state index contributed by atoms with van der Waals surface area (Å²) in [6.45, 7) is 125. The van der Waals surface area contributed by atoms with Crippen molar-refractivity contribution in [2.24, 2.45) is 5.92 Å². The third-order valence-corrected chi connectivity index (χ3v) is 23.0. The fourth-order valence-corrected chi connectivity index (χ4v) is 13.4. The van der Waals surface area contributed by atoms with Crippen molar-refractivity contribution in [1.82, 2.24) is 0 Å². The number of esters is 6. The van der Waals surface area contributed by atoms with E-state index in [2.05, 4.69) is 354 Å². The van der Waals surface area contributed by atoms with Gasteiger partial charge in [0, 0.05) is 39.5 Å². The number of carbonyl (C=O) groups is 6. The van der Waals surface area contributed by atoms with Crippen LogP contribution in [0.3, 0.4) is 0 Å². The highest BCUT2D eigenvalue weighted by molar-refractivity contribution is 5.89. The van der Waals surface area contributed by atoms with Crippen molar-refractivity contribution in [3.05, 3.63) is 257 Å². The first kappa shape index (κ1) is 134. The van der Waals surface area contributed by atoms with Crippen LogP contribution in [0.15, 0.2) is 190 Å². The topological polar surface area (TPSA) is 158 Å². The number of carbonyl (C=O) groups excluding carboxylic acids is 6. The molecule has 0 heterocycles. The van der Waals surface area contributed by atoms with Crippen molar-refractivity contribution in [2.45, 2.75) is 453 Å². The van der Waals surface area contributed by atoms with Gasteiger partial charge in [0.25, 0.3) is 0 Å². The molecule has 137 heavy (non-hydrogen) atoms. The van der Waals surface area contributed by atoms with Gasteiger partial charge in [0.1, 0.15) is 33.9 Å². The number of benzene rings is 5. The van der Waals surface area contributed by atoms with E-state index in [1.54, 1.807) is 53.7 Å². The third kappa shape index (κ3) is 53.5. The molecule has 0 fully saturated rings. The molecule has 1 unspecified atom stereocenters. The zero-order valence-corrected chi connectivity index (χ0v) is 95.3. The van der Waals surface area contributed by atoms with Crippen molar-refractivity contribution >= 4 is 54.0 Å². The van der Waals surface area contributed by atoms with Gasteiger partial charge in [-0.3, -0.25) is 0 Å². The molecule has 0 aliphatic carbocycles. The molecule has 770 valence electrons. The minimum Gasteiger partial charge on any atom is -0.456 e. The Morgan fingerprint density at radius 2 is 0.620 bits per heavy atom. The number of rotatable bonds is 28. The molecule has 1 atom stereocenters. The fraction of sp³-hybridized carbons (Fsp3) is 0.565. The molecule has 0 aliphatic heterocycles. The second kappa shape index (κ2) is 58.5. The first-order valence-corrected chi connectivity index (χ1v) is 49.5. The maximum atomic E-state index is 12.4. The second-order valence-electron chi connectivity index (χ2n) is 47.1. The van der Waals surface area contributed by atoms with Crippen LogP contribution in [0, 0.1) is 5.92 Å². The molecule has 5 aromatic rings. The number of halogens is 1. The Morgan fingerprint density at radius 1 is 0.336 bits per heavy atom. The van der Waals surface area contributed by atoms with Gasteiger partial charge in [-0.25, -0.2) is 28.8 Å². The van der Waals surface area contributed by atoms with Gasteiger partial charge in [-0.15, -0.1) is 0 Å². The van der Waals surface area contributed by atoms with Gasteiger partial charge in [0.05, 0.1) is 0 Å². The Hall–Kier alpha value is -9.49. The highest BCUT2D eigenvalue weighted by Gasteiger charge is 2.35. The number of ether oxygens (including phenoxy) is 6. The predicted octanol–water partition coefficient (Wildman–Crippen LogP) is 35.5. The normalized spacial score (nSPS) is 12.0. The average Bonchev–Trinajstić information content (AvgIpc) is 0.764. The molecule has 0 spiro atoms. The summed E-state index contributed by atoms with van der Waals surface area (Å²) < 4.78 is 44.2. The highest BCUT2D eigenvalue weighted by atomic mass is 19.1. The van der Waals surface area contributed by atoms with Gasteiger partial charge >= 0.3 is 35.8 Å². The molecule has 5 aromatic carbocycles. The molecule has 0 aromatic heterocycles. The van der Waals surface area contributed by atoms with Crippen molar-refractivity contribution in [2.75, 3.05) is 0 Å². The van der Waals surface area contributed by atoms with Gasteiger partial charge in [0.15, 0.2) is 0 Å². The average molecular weight is 1900 g/mol. The lowest BCUT2D eigenvalue weighted by atomic mass is 9.72. The van der Waals surface area contributed by atoms with Crippen LogP contribution in [0.4, 0.5) is 4.39 Å². The fourth-order valence-electron chi connectivity index (χ4n) is 13.4. The summed E-state index contributed by atoms with van der Waals surface area (Å²) in [7, 11) is 0. The summed E-state index contributed by atoms with van der Waals surface area (Å²) in [6.07, 6.45) is 18.2. The first-order chi connectivity index (χ1) is 62.0. The van der Waals surface area contributed by atoms with Crippen LogP contribution in [0.25, 0.3) is 18.2 Å². The third-order valence-electron chi connectivity index (χ3n) is 23.0. The Balaban J connectivity index is -0.000000733. The van der Waals surface area contributed by atoms with E-state index in [4.69, 9.17) is 28.4 Å². The van der Waals surface area contributed by atoms with E-state index in [-0.39, 0.29) is 89.4 Å². The summed E-state index contributed by atoms with van der Waals surface area (Å²) >= 11 is 0. The zero-order chi connectivity index (χ0) is 108.